The molecule has 0 saturated carbocycles. The van der Waals surface area contributed by atoms with Crippen molar-refractivity contribution in [1.82, 2.24) is 15.1 Å². The summed E-state index contributed by atoms with van der Waals surface area (Å²) in [5.41, 5.74) is 2.62. The Morgan fingerprint density at radius 3 is 2.94 bits per heavy atom. The van der Waals surface area contributed by atoms with Crippen LogP contribution in [0.1, 0.15) is 11.3 Å². The average molecular weight is 261 g/mol. The molecule has 3 nitrogen and oxygen atoms in total. The molecule has 18 heavy (non-hydrogen) atoms. The fraction of sp³-hybridized carbons (Fsp3) is 0.357. The lowest BCUT2D eigenvalue weighted by atomic mass is 10.2. The van der Waals surface area contributed by atoms with Crippen LogP contribution in [-0.2, 0) is 20.0 Å². The maximum absolute atomic E-state index is 4.18. The number of nitrogens with one attached hydrogen (secondary N) is 1. The molecule has 0 amide bonds. The van der Waals surface area contributed by atoms with E-state index < -0.39 is 0 Å². The van der Waals surface area contributed by atoms with Gasteiger partial charge in [-0.15, -0.1) is 11.8 Å². The molecule has 4 heteroatoms. The van der Waals surface area contributed by atoms with E-state index in [1.165, 1.54) is 16.2 Å². The maximum atomic E-state index is 4.18. The Bertz CT molecular complexity index is 493. The largest absolute Gasteiger partial charge is 0.316 e. The van der Waals surface area contributed by atoms with Crippen molar-refractivity contribution in [3.05, 3.63) is 47.8 Å². The van der Waals surface area contributed by atoms with Crippen LogP contribution in [0.3, 0.4) is 0 Å². The Labute approximate surface area is 113 Å². The van der Waals surface area contributed by atoms with Crippen molar-refractivity contribution < 1.29 is 0 Å². The van der Waals surface area contributed by atoms with Gasteiger partial charge in [0.1, 0.15) is 0 Å². The van der Waals surface area contributed by atoms with E-state index in [1.54, 1.807) is 0 Å². The van der Waals surface area contributed by atoms with Gasteiger partial charge in [-0.3, -0.25) is 4.68 Å². The highest BCUT2D eigenvalue weighted by atomic mass is 32.2. The quantitative estimate of drug-likeness (QED) is 0.810. The van der Waals surface area contributed by atoms with E-state index >= 15 is 0 Å². The van der Waals surface area contributed by atoms with Crippen molar-refractivity contribution >= 4 is 11.8 Å². The second-order valence-electron chi connectivity index (χ2n) is 4.22. The third-order valence-electron chi connectivity index (χ3n) is 2.83. The van der Waals surface area contributed by atoms with E-state index in [0.717, 1.165) is 18.7 Å². The van der Waals surface area contributed by atoms with Crippen LogP contribution < -0.4 is 5.32 Å². The third-order valence-corrected chi connectivity index (χ3v) is 3.82. The van der Waals surface area contributed by atoms with E-state index in [1.807, 2.05) is 36.7 Å². The molecular formula is C14H19N3S. The topological polar surface area (TPSA) is 29.9 Å². The number of hydrogen-bond donors (Lipinski definition) is 1. The molecule has 1 heterocycles. The summed E-state index contributed by atoms with van der Waals surface area (Å²) in [7, 11) is 3.97. The van der Waals surface area contributed by atoms with Crippen LogP contribution in [0.25, 0.3) is 0 Å². The van der Waals surface area contributed by atoms with Crippen molar-refractivity contribution in [3.8, 4) is 0 Å². The highest BCUT2D eigenvalue weighted by molar-refractivity contribution is 7.99. The molecule has 0 saturated heterocycles. The highest BCUT2D eigenvalue weighted by Gasteiger charge is 2.00. The van der Waals surface area contributed by atoms with Gasteiger partial charge in [0.15, 0.2) is 0 Å². The molecule has 0 spiro atoms. The van der Waals surface area contributed by atoms with Crippen molar-refractivity contribution in [2.24, 2.45) is 7.05 Å². The molecule has 1 N–H and O–H groups in total. The van der Waals surface area contributed by atoms with Gasteiger partial charge in [-0.05, 0) is 37.2 Å². The fourth-order valence-corrected chi connectivity index (χ4v) is 2.83. The van der Waals surface area contributed by atoms with Gasteiger partial charge in [-0.2, -0.15) is 5.10 Å². The van der Waals surface area contributed by atoms with Crippen molar-refractivity contribution in [3.63, 3.8) is 0 Å². The molecule has 2 rings (SSSR count). The molecule has 0 bridgehead atoms. The van der Waals surface area contributed by atoms with E-state index in [0.29, 0.717) is 0 Å². The van der Waals surface area contributed by atoms with Crippen LogP contribution in [-0.4, -0.2) is 22.6 Å². The molecule has 96 valence electrons. The Hall–Kier alpha value is -1.26. The molecule has 0 aliphatic carbocycles. The lowest BCUT2D eigenvalue weighted by Gasteiger charge is -2.05. The molecule has 1 aromatic heterocycles. The van der Waals surface area contributed by atoms with Gasteiger partial charge in [0.2, 0.25) is 0 Å². The second kappa shape index (κ2) is 6.61. The van der Waals surface area contributed by atoms with E-state index in [2.05, 4.69) is 40.7 Å². The molecule has 0 radical (unpaired) electrons. The maximum Gasteiger partial charge on any atom is 0.0492 e. The number of nitrogens with zero attached hydrogens (tertiary/aromatic N) is 2. The first-order chi connectivity index (χ1) is 8.79. The molecule has 1 aromatic carbocycles. The van der Waals surface area contributed by atoms with Crippen LogP contribution in [0.15, 0.2) is 41.4 Å². The second-order valence-corrected chi connectivity index (χ2v) is 5.39. The third kappa shape index (κ3) is 3.62. The minimum atomic E-state index is 0.927. The summed E-state index contributed by atoms with van der Waals surface area (Å²) < 4.78 is 1.94. The summed E-state index contributed by atoms with van der Waals surface area (Å²) in [6, 6.07) is 10.8. The van der Waals surface area contributed by atoms with Gasteiger partial charge in [0.25, 0.3) is 0 Å². The highest BCUT2D eigenvalue weighted by Crippen LogP contribution is 2.20. The van der Waals surface area contributed by atoms with Crippen LogP contribution in [0.5, 0.6) is 0 Å². The predicted octanol–water partition coefficient (Wildman–Crippen LogP) is 2.47. The molecule has 0 atom stereocenters. The van der Waals surface area contributed by atoms with Gasteiger partial charge in [-0.1, -0.05) is 12.1 Å². The summed E-state index contributed by atoms with van der Waals surface area (Å²) in [5, 5.41) is 7.36. The molecule has 2 aromatic rings. The minimum absolute atomic E-state index is 0.927. The molecule has 0 aliphatic rings. The Morgan fingerprint density at radius 1 is 1.33 bits per heavy atom. The van der Waals surface area contributed by atoms with Crippen LogP contribution in [0, 0.1) is 0 Å². The van der Waals surface area contributed by atoms with E-state index in [4.69, 9.17) is 0 Å². The predicted molar refractivity (Wildman–Crippen MR) is 76.8 cm³/mol. The number of thioether (sulfide) groups is 1. The van der Waals surface area contributed by atoms with Crippen LogP contribution in [0.4, 0.5) is 0 Å². The summed E-state index contributed by atoms with van der Waals surface area (Å²) in [4.78, 5) is 1.34. The van der Waals surface area contributed by atoms with E-state index in [-0.39, 0.29) is 0 Å². The lowest BCUT2D eigenvalue weighted by molar-refractivity contribution is 0.720. The molecule has 0 unspecified atom stereocenters. The monoisotopic (exact) mass is 261 g/mol. The van der Waals surface area contributed by atoms with Crippen LogP contribution in [0.2, 0.25) is 0 Å². The number of hydrogen-bond acceptors (Lipinski definition) is 3. The number of aryl methyl sites for hydroxylation is 2. The summed E-state index contributed by atoms with van der Waals surface area (Å²) >= 11 is 1.90. The van der Waals surface area contributed by atoms with Gasteiger partial charge in [-0.25, -0.2) is 0 Å². The first kappa shape index (κ1) is 13.2. The standard InChI is InChI=1S/C14H19N3S/c1-15-11-12-4-3-5-14(10-12)18-9-7-13-6-8-16-17(13)2/h3-6,8,10,15H,7,9,11H2,1-2H3. The van der Waals surface area contributed by atoms with Gasteiger partial charge < -0.3 is 5.32 Å². The zero-order valence-corrected chi connectivity index (χ0v) is 11.7. The average Bonchev–Trinajstić information content (AvgIpc) is 2.76. The zero-order valence-electron chi connectivity index (χ0n) is 10.9. The van der Waals surface area contributed by atoms with E-state index in [9.17, 15) is 0 Å². The minimum Gasteiger partial charge on any atom is -0.316 e. The Kier molecular flexibility index (Phi) is 4.84. The zero-order chi connectivity index (χ0) is 12.8. The summed E-state index contributed by atoms with van der Waals surface area (Å²) in [5.74, 6) is 1.09. The van der Waals surface area contributed by atoms with Gasteiger partial charge in [0.05, 0.1) is 0 Å². The normalized spacial score (nSPS) is 10.8. The molecule has 0 aliphatic heterocycles. The molecular weight excluding hydrogens is 242 g/mol. The van der Waals surface area contributed by atoms with Gasteiger partial charge >= 0.3 is 0 Å². The van der Waals surface area contributed by atoms with Gasteiger partial charge in [0, 0.05) is 36.1 Å². The fourth-order valence-electron chi connectivity index (χ4n) is 1.87. The molecule has 0 fully saturated rings. The Morgan fingerprint density at radius 2 is 2.22 bits per heavy atom. The number of rotatable bonds is 6. The van der Waals surface area contributed by atoms with Crippen molar-refractivity contribution in [2.45, 2.75) is 17.9 Å². The van der Waals surface area contributed by atoms with Crippen LogP contribution >= 0.6 is 11.8 Å². The number of aromatic nitrogens is 2. The smallest absolute Gasteiger partial charge is 0.0492 e. The first-order valence-electron chi connectivity index (χ1n) is 6.13. The summed E-state index contributed by atoms with van der Waals surface area (Å²) in [6.07, 6.45) is 2.91. The SMILES string of the molecule is CNCc1cccc(SCCc2ccnn2C)c1. The lowest BCUT2D eigenvalue weighted by Crippen LogP contribution is -2.04. The summed E-state index contributed by atoms with van der Waals surface area (Å²) in [6.45, 7) is 0.927. The van der Waals surface area contributed by atoms with Crippen molar-refractivity contribution in [2.75, 3.05) is 12.8 Å². The van der Waals surface area contributed by atoms with Crippen molar-refractivity contribution in [1.29, 1.82) is 0 Å². The first-order valence-corrected chi connectivity index (χ1v) is 7.11. The number of benzene rings is 1. The Balaban J connectivity index is 1.86.